The van der Waals surface area contributed by atoms with E-state index in [9.17, 15) is 9.59 Å². The van der Waals surface area contributed by atoms with Crippen LogP contribution in [0.2, 0.25) is 0 Å². The predicted molar refractivity (Wildman–Crippen MR) is 67.5 cm³/mol. The molecule has 18 heavy (non-hydrogen) atoms. The van der Waals surface area contributed by atoms with Gasteiger partial charge >= 0.3 is 0 Å². The molecule has 1 aliphatic carbocycles. The SMILES string of the molecule is CC1C(N)CCCC1C(=O)NCCOCC(N)=O. The molecule has 1 rings (SSSR count). The minimum Gasteiger partial charge on any atom is -0.370 e. The van der Waals surface area contributed by atoms with Crippen molar-refractivity contribution < 1.29 is 14.3 Å². The summed E-state index contributed by atoms with van der Waals surface area (Å²) in [5.74, 6) is -0.274. The highest BCUT2D eigenvalue weighted by atomic mass is 16.5. The molecule has 3 unspecified atom stereocenters. The lowest BCUT2D eigenvalue weighted by Crippen LogP contribution is -2.44. The molecule has 0 spiro atoms. The van der Waals surface area contributed by atoms with Crippen LogP contribution in [0.5, 0.6) is 0 Å². The molecule has 1 fully saturated rings. The van der Waals surface area contributed by atoms with Crippen LogP contribution >= 0.6 is 0 Å². The maximum atomic E-state index is 11.9. The van der Waals surface area contributed by atoms with E-state index in [1.165, 1.54) is 0 Å². The van der Waals surface area contributed by atoms with Gasteiger partial charge in [-0.1, -0.05) is 13.3 Å². The summed E-state index contributed by atoms with van der Waals surface area (Å²) in [6, 6.07) is 0.112. The van der Waals surface area contributed by atoms with Crippen LogP contribution in [-0.4, -0.2) is 37.6 Å². The van der Waals surface area contributed by atoms with E-state index in [0.29, 0.717) is 13.2 Å². The molecule has 1 saturated carbocycles. The highest BCUT2D eigenvalue weighted by Crippen LogP contribution is 2.28. The summed E-state index contributed by atoms with van der Waals surface area (Å²) in [7, 11) is 0. The fraction of sp³-hybridized carbons (Fsp3) is 0.833. The first-order chi connectivity index (χ1) is 8.52. The van der Waals surface area contributed by atoms with Gasteiger partial charge in [0.25, 0.3) is 0 Å². The Balaban J connectivity index is 2.21. The van der Waals surface area contributed by atoms with E-state index in [0.717, 1.165) is 19.3 Å². The van der Waals surface area contributed by atoms with Crippen molar-refractivity contribution in [2.45, 2.75) is 32.2 Å². The summed E-state index contributed by atoms with van der Waals surface area (Å²) < 4.78 is 4.97. The molecular formula is C12H23N3O3. The van der Waals surface area contributed by atoms with E-state index < -0.39 is 5.91 Å². The summed E-state index contributed by atoms with van der Waals surface area (Å²) in [4.78, 5) is 22.4. The van der Waals surface area contributed by atoms with E-state index in [-0.39, 0.29) is 30.4 Å². The Morgan fingerprint density at radius 1 is 1.39 bits per heavy atom. The van der Waals surface area contributed by atoms with Crippen LogP contribution in [0.4, 0.5) is 0 Å². The lowest BCUT2D eigenvalue weighted by atomic mass is 9.77. The third-order valence-corrected chi connectivity index (χ3v) is 3.49. The minimum absolute atomic E-state index is 0.00936. The van der Waals surface area contributed by atoms with Crippen LogP contribution in [0.25, 0.3) is 0 Å². The average molecular weight is 257 g/mol. The number of carbonyl (C=O) groups excluding carboxylic acids is 2. The second-order valence-electron chi connectivity index (χ2n) is 4.87. The standard InChI is InChI=1S/C12H23N3O3/c1-8-9(3-2-4-10(8)13)12(17)15-5-6-18-7-11(14)16/h8-10H,2-7,13H2,1H3,(H2,14,16)(H,15,17). The van der Waals surface area contributed by atoms with E-state index >= 15 is 0 Å². The lowest BCUT2D eigenvalue weighted by Gasteiger charge is -2.32. The highest BCUT2D eigenvalue weighted by molar-refractivity contribution is 5.79. The first-order valence-electron chi connectivity index (χ1n) is 6.41. The van der Waals surface area contributed by atoms with Crippen molar-refractivity contribution in [2.24, 2.45) is 23.3 Å². The van der Waals surface area contributed by atoms with Gasteiger partial charge in [-0.05, 0) is 18.8 Å². The van der Waals surface area contributed by atoms with Gasteiger partial charge < -0.3 is 21.5 Å². The molecule has 0 aromatic rings. The van der Waals surface area contributed by atoms with Gasteiger partial charge in [-0.25, -0.2) is 0 Å². The number of ether oxygens (including phenoxy) is 1. The van der Waals surface area contributed by atoms with Gasteiger partial charge in [0.2, 0.25) is 11.8 Å². The summed E-state index contributed by atoms with van der Waals surface area (Å²) in [6.07, 6.45) is 2.89. The summed E-state index contributed by atoms with van der Waals surface area (Å²) in [5.41, 5.74) is 10.9. The van der Waals surface area contributed by atoms with Crippen LogP contribution in [0, 0.1) is 11.8 Å². The Hall–Kier alpha value is -1.14. The molecule has 3 atom stereocenters. The van der Waals surface area contributed by atoms with Gasteiger partial charge in [0.15, 0.2) is 0 Å². The zero-order valence-electron chi connectivity index (χ0n) is 10.9. The van der Waals surface area contributed by atoms with E-state index in [1.54, 1.807) is 0 Å². The van der Waals surface area contributed by atoms with Crippen LogP contribution < -0.4 is 16.8 Å². The van der Waals surface area contributed by atoms with Crippen LogP contribution in [0.15, 0.2) is 0 Å². The number of hydrogen-bond donors (Lipinski definition) is 3. The van der Waals surface area contributed by atoms with E-state index in [1.807, 2.05) is 6.92 Å². The van der Waals surface area contributed by atoms with Crippen LogP contribution in [0.1, 0.15) is 26.2 Å². The predicted octanol–water partition coefficient (Wildman–Crippen LogP) is -0.632. The summed E-state index contributed by atoms with van der Waals surface area (Å²) in [6.45, 7) is 2.60. The average Bonchev–Trinajstić information content (AvgIpc) is 2.31. The summed E-state index contributed by atoms with van der Waals surface area (Å²) >= 11 is 0. The van der Waals surface area contributed by atoms with Crippen molar-refractivity contribution in [3.8, 4) is 0 Å². The molecule has 2 amide bonds. The van der Waals surface area contributed by atoms with Crippen LogP contribution in [0.3, 0.4) is 0 Å². The molecule has 0 bridgehead atoms. The molecule has 0 heterocycles. The molecule has 0 aliphatic heterocycles. The first kappa shape index (κ1) is 14.9. The molecule has 0 aromatic heterocycles. The van der Waals surface area contributed by atoms with Crippen molar-refractivity contribution in [1.82, 2.24) is 5.32 Å². The molecule has 104 valence electrons. The number of nitrogens with one attached hydrogen (secondary N) is 1. The number of carbonyl (C=O) groups is 2. The normalized spacial score (nSPS) is 27.8. The molecule has 0 aromatic carbocycles. The fourth-order valence-electron chi connectivity index (χ4n) is 2.32. The molecule has 6 heteroatoms. The van der Waals surface area contributed by atoms with Crippen molar-refractivity contribution in [1.29, 1.82) is 0 Å². The maximum absolute atomic E-state index is 11.9. The smallest absolute Gasteiger partial charge is 0.243 e. The largest absolute Gasteiger partial charge is 0.370 e. The molecule has 1 aliphatic rings. The number of hydrogen-bond acceptors (Lipinski definition) is 4. The van der Waals surface area contributed by atoms with Gasteiger partial charge in [-0.2, -0.15) is 0 Å². The van der Waals surface area contributed by atoms with Crippen molar-refractivity contribution >= 4 is 11.8 Å². The molecule has 0 saturated heterocycles. The number of nitrogens with two attached hydrogens (primary N) is 2. The Morgan fingerprint density at radius 3 is 2.78 bits per heavy atom. The van der Waals surface area contributed by atoms with E-state index in [2.05, 4.69) is 5.32 Å². The Kier molecular flexibility index (Phi) is 6.07. The van der Waals surface area contributed by atoms with Gasteiger partial charge in [-0.15, -0.1) is 0 Å². The fourth-order valence-corrected chi connectivity index (χ4v) is 2.32. The highest BCUT2D eigenvalue weighted by Gasteiger charge is 2.32. The monoisotopic (exact) mass is 257 g/mol. The number of amides is 2. The van der Waals surface area contributed by atoms with Crippen molar-refractivity contribution in [3.63, 3.8) is 0 Å². The molecule has 5 N–H and O–H groups in total. The van der Waals surface area contributed by atoms with Gasteiger partial charge in [0, 0.05) is 18.5 Å². The third kappa shape index (κ3) is 4.62. The van der Waals surface area contributed by atoms with E-state index in [4.69, 9.17) is 16.2 Å². The zero-order chi connectivity index (χ0) is 13.5. The van der Waals surface area contributed by atoms with Crippen LogP contribution in [-0.2, 0) is 14.3 Å². The lowest BCUT2D eigenvalue weighted by molar-refractivity contribution is -0.128. The topological polar surface area (TPSA) is 107 Å². The Labute approximate surface area is 107 Å². The molecule has 6 nitrogen and oxygen atoms in total. The first-order valence-corrected chi connectivity index (χ1v) is 6.41. The Bertz CT molecular complexity index is 296. The summed E-state index contributed by atoms with van der Waals surface area (Å²) in [5, 5.41) is 2.81. The number of rotatable bonds is 6. The van der Waals surface area contributed by atoms with Gasteiger partial charge in [-0.3, -0.25) is 9.59 Å². The molecule has 0 radical (unpaired) electrons. The van der Waals surface area contributed by atoms with Gasteiger partial charge in [0.1, 0.15) is 6.61 Å². The third-order valence-electron chi connectivity index (χ3n) is 3.49. The molecular weight excluding hydrogens is 234 g/mol. The van der Waals surface area contributed by atoms with Gasteiger partial charge in [0.05, 0.1) is 6.61 Å². The Morgan fingerprint density at radius 2 is 2.11 bits per heavy atom. The number of primary amides is 1. The minimum atomic E-state index is -0.506. The second-order valence-corrected chi connectivity index (χ2v) is 4.87. The zero-order valence-corrected chi connectivity index (χ0v) is 10.9. The maximum Gasteiger partial charge on any atom is 0.243 e. The van der Waals surface area contributed by atoms with Crippen molar-refractivity contribution in [3.05, 3.63) is 0 Å². The van der Waals surface area contributed by atoms with Crippen molar-refractivity contribution in [2.75, 3.05) is 19.8 Å². The quantitative estimate of drug-likeness (QED) is 0.550. The second kappa shape index (κ2) is 7.33.